The summed E-state index contributed by atoms with van der Waals surface area (Å²) in [4.78, 5) is 18.6. The lowest BCUT2D eigenvalue weighted by atomic mass is 9.73. The maximum Gasteiger partial charge on any atom is 0.228 e. The first-order valence-corrected chi connectivity index (χ1v) is 9.38. The number of aliphatic imine (C=N–C) groups is 1. The zero-order chi connectivity index (χ0) is 18.6. The highest BCUT2D eigenvalue weighted by molar-refractivity contribution is 7.99. The van der Waals surface area contributed by atoms with Gasteiger partial charge in [0.05, 0.1) is 16.9 Å². The molecule has 2 aromatic carbocycles. The predicted octanol–water partition coefficient (Wildman–Crippen LogP) is 3.38. The highest BCUT2D eigenvalue weighted by Crippen LogP contribution is 2.37. The average Bonchev–Trinajstić information content (AvgIpc) is 2.63. The van der Waals surface area contributed by atoms with Crippen LogP contribution in [-0.2, 0) is 14.9 Å². The number of carbonyl (C=O) groups excluding carboxylic acids is 1. The predicted molar refractivity (Wildman–Crippen MR) is 105 cm³/mol. The molecule has 0 unspecified atom stereocenters. The lowest BCUT2D eigenvalue weighted by molar-refractivity contribution is -0.127. The van der Waals surface area contributed by atoms with Gasteiger partial charge in [0.15, 0.2) is 0 Å². The Morgan fingerprint density at radius 1 is 1.08 bits per heavy atom. The Morgan fingerprint density at radius 3 is 2.38 bits per heavy atom. The van der Waals surface area contributed by atoms with Gasteiger partial charge in [-0.25, -0.2) is 4.99 Å². The monoisotopic (exact) mass is 369 g/mol. The molecule has 5 nitrogen and oxygen atoms in total. The van der Waals surface area contributed by atoms with Crippen LogP contribution in [0.2, 0.25) is 0 Å². The van der Waals surface area contributed by atoms with E-state index in [0.717, 1.165) is 21.0 Å². The van der Waals surface area contributed by atoms with Gasteiger partial charge in [0.2, 0.25) is 5.91 Å². The third kappa shape index (κ3) is 4.08. The van der Waals surface area contributed by atoms with Crippen LogP contribution in [0, 0.1) is 0 Å². The summed E-state index contributed by atoms with van der Waals surface area (Å²) in [5, 5.41) is 0. The number of ether oxygens (including phenoxy) is 1. The summed E-state index contributed by atoms with van der Waals surface area (Å²) in [7, 11) is 0. The Morgan fingerprint density at radius 2 is 1.77 bits per heavy atom. The minimum Gasteiger partial charge on any atom is -0.387 e. The minimum atomic E-state index is -0.633. The van der Waals surface area contributed by atoms with Gasteiger partial charge in [-0.3, -0.25) is 4.79 Å². The van der Waals surface area contributed by atoms with E-state index >= 15 is 0 Å². The fraction of sp³-hybridized carbons (Fsp3) is 0.300. The van der Waals surface area contributed by atoms with Crippen LogP contribution in [-0.4, -0.2) is 25.0 Å². The van der Waals surface area contributed by atoms with Crippen molar-refractivity contribution in [2.75, 3.05) is 13.2 Å². The number of rotatable bonds is 5. The van der Waals surface area contributed by atoms with E-state index in [2.05, 4.69) is 11.1 Å². The highest BCUT2D eigenvalue weighted by Gasteiger charge is 2.40. The molecule has 6 heteroatoms. The van der Waals surface area contributed by atoms with Crippen LogP contribution in [0.1, 0.15) is 25.3 Å². The van der Waals surface area contributed by atoms with Crippen LogP contribution in [0.15, 0.2) is 63.3 Å². The summed E-state index contributed by atoms with van der Waals surface area (Å²) in [5.74, 6) is 0.258. The number of benzene rings is 2. The summed E-state index contributed by atoms with van der Waals surface area (Å²) in [6, 6.07) is 16.0. The minimum absolute atomic E-state index is 0.276. The van der Waals surface area contributed by atoms with Crippen molar-refractivity contribution >= 4 is 29.2 Å². The molecule has 1 saturated heterocycles. The normalized spacial score (nSPS) is 17.0. The molecule has 0 radical (unpaired) electrons. The number of amidine groups is 1. The number of nitrogens with two attached hydrogens (primary N) is 2. The molecule has 0 saturated carbocycles. The number of amides is 1. The van der Waals surface area contributed by atoms with E-state index < -0.39 is 5.41 Å². The average molecular weight is 369 g/mol. The Balaban J connectivity index is 1.83. The fourth-order valence-electron chi connectivity index (χ4n) is 3.18. The van der Waals surface area contributed by atoms with Gasteiger partial charge >= 0.3 is 0 Å². The second kappa shape index (κ2) is 7.93. The van der Waals surface area contributed by atoms with E-state index in [0.29, 0.717) is 31.9 Å². The molecule has 1 heterocycles. The Hall–Kier alpha value is -2.31. The number of nitrogens with zero attached hydrogens (tertiary/aromatic N) is 1. The van der Waals surface area contributed by atoms with Crippen LogP contribution < -0.4 is 11.5 Å². The second-order valence-electron chi connectivity index (χ2n) is 6.44. The van der Waals surface area contributed by atoms with E-state index in [1.807, 2.05) is 42.5 Å². The molecule has 0 aromatic heterocycles. The summed E-state index contributed by atoms with van der Waals surface area (Å²) in [6.45, 7) is 2.88. The van der Waals surface area contributed by atoms with Crippen molar-refractivity contribution < 1.29 is 9.53 Å². The van der Waals surface area contributed by atoms with E-state index in [-0.39, 0.29) is 5.91 Å². The van der Waals surface area contributed by atoms with Crippen molar-refractivity contribution in [3.63, 3.8) is 0 Å². The van der Waals surface area contributed by atoms with Crippen LogP contribution in [0.5, 0.6) is 0 Å². The van der Waals surface area contributed by atoms with E-state index in [4.69, 9.17) is 16.2 Å². The molecule has 4 N–H and O–H groups in total. The SMILES string of the molecule is CC(N)=Nc1ccc(Sc2cccc(C3(C(N)=O)CCOCC3)c2)cc1. The maximum atomic E-state index is 12.2. The maximum absolute atomic E-state index is 12.2. The van der Waals surface area contributed by atoms with Gasteiger partial charge in [0.25, 0.3) is 0 Å². The number of carbonyl (C=O) groups is 1. The number of hydrogen-bond donors (Lipinski definition) is 2. The second-order valence-corrected chi connectivity index (χ2v) is 7.58. The van der Waals surface area contributed by atoms with Crippen molar-refractivity contribution in [2.45, 2.75) is 35.0 Å². The summed E-state index contributed by atoms with van der Waals surface area (Å²) in [5.41, 5.74) is 12.5. The van der Waals surface area contributed by atoms with Crippen molar-refractivity contribution in [1.29, 1.82) is 0 Å². The lowest BCUT2D eigenvalue weighted by Gasteiger charge is -2.34. The Labute approximate surface area is 157 Å². The first-order chi connectivity index (χ1) is 12.5. The summed E-state index contributed by atoms with van der Waals surface area (Å²) < 4.78 is 5.43. The zero-order valence-electron chi connectivity index (χ0n) is 14.8. The van der Waals surface area contributed by atoms with Crippen molar-refractivity contribution in [2.24, 2.45) is 16.5 Å². The quantitative estimate of drug-likeness (QED) is 0.624. The molecular formula is C20H23N3O2S. The van der Waals surface area contributed by atoms with Crippen LogP contribution >= 0.6 is 11.8 Å². The largest absolute Gasteiger partial charge is 0.387 e. The van der Waals surface area contributed by atoms with Crippen molar-refractivity contribution in [3.8, 4) is 0 Å². The Kier molecular flexibility index (Phi) is 5.64. The van der Waals surface area contributed by atoms with Gasteiger partial charge in [-0.2, -0.15) is 0 Å². The third-order valence-corrected chi connectivity index (χ3v) is 5.58. The number of hydrogen-bond acceptors (Lipinski definition) is 4. The van der Waals surface area contributed by atoms with Gasteiger partial charge in [-0.15, -0.1) is 0 Å². The van der Waals surface area contributed by atoms with Crippen molar-refractivity contribution in [1.82, 2.24) is 0 Å². The van der Waals surface area contributed by atoms with E-state index in [1.165, 1.54) is 0 Å². The molecule has 1 aliphatic rings. The van der Waals surface area contributed by atoms with Gasteiger partial charge in [-0.05, 0) is 61.7 Å². The molecule has 136 valence electrons. The first kappa shape index (κ1) is 18.5. The Bertz CT molecular complexity index is 808. The molecule has 0 aliphatic carbocycles. The molecule has 2 aromatic rings. The van der Waals surface area contributed by atoms with Crippen LogP contribution in [0.25, 0.3) is 0 Å². The first-order valence-electron chi connectivity index (χ1n) is 8.56. The standard InChI is InChI=1S/C20H23N3O2S/c1-14(21)23-16-5-7-17(8-6-16)26-18-4-2-3-15(13-18)20(19(22)24)9-11-25-12-10-20/h2-8,13H,9-12H2,1H3,(H2,21,23)(H2,22,24). The number of primary amides is 1. The molecule has 1 amide bonds. The highest BCUT2D eigenvalue weighted by atomic mass is 32.2. The molecule has 0 bridgehead atoms. The molecular weight excluding hydrogens is 346 g/mol. The smallest absolute Gasteiger partial charge is 0.228 e. The molecule has 1 fully saturated rings. The van der Waals surface area contributed by atoms with Gasteiger partial charge in [-0.1, -0.05) is 23.9 Å². The topological polar surface area (TPSA) is 90.7 Å². The third-order valence-electron chi connectivity index (χ3n) is 4.58. The van der Waals surface area contributed by atoms with Gasteiger partial charge in [0.1, 0.15) is 0 Å². The fourth-order valence-corrected chi connectivity index (χ4v) is 4.06. The molecule has 3 rings (SSSR count). The summed E-state index contributed by atoms with van der Waals surface area (Å²) >= 11 is 1.64. The van der Waals surface area contributed by atoms with E-state index in [1.54, 1.807) is 18.7 Å². The summed E-state index contributed by atoms with van der Waals surface area (Å²) in [6.07, 6.45) is 1.25. The molecule has 0 atom stereocenters. The van der Waals surface area contributed by atoms with Crippen molar-refractivity contribution in [3.05, 3.63) is 54.1 Å². The van der Waals surface area contributed by atoms with E-state index in [9.17, 15) is 4.79 Å². The zero-order valence-corrected chi connectivity index (χ0v) is 15.6. The van der Waals surface area contributed by atoms with Gasteiger partial charge in [0, 0.05) is 23.0 Å². The molecule has 0 spiro atoms. The molecule has 26 heavy (non-hydrogen) atoms. The lowest BCUT2D eigenvalue weighted by Crippen LogP contribution is -2.45. The van der Waals surface area contributed by atoms with Crippen LogP contribution in [0.4, 0.5) is 5.69 Å². The van der Waals surface area contributed by atoms with Crippen LogP contribution in [0.3, 0.4) is 0 Å². The molecule has 1 aliphatic heterocycles. The van der Waals surface area contributed by atoms with Gasteiger partial charge < -0.3 is 16.2 Å².